The summed E-state index contributed by atoms with van der Waals surface area (Å²) in [6.07, 6.45) is 0. The van der Waals surface area contributed by atoms with Crippen molar-refractivity contribution in [1.29, 1.82) is 0 Å². The predicted octanol–water partition coefficient (Wildman–Crippen LogP) is 3.86. The third-order valence-electron chi connectivity index (χ3n) is 3.74. The highest BCUT2D eigenvalue weighted by Gasteiger charge is 2.26. The lowest BCUT2D eigenvalue weighted by Crippen LogP contribution is -2.37. The number of hydrogen-bond donors (Lipinski definition) is 2. The van der Waals surface area contributed by atoms with Crippen LogP contribution in [0.5, 0.6) is 0 Å². The van der Waals surface area contributed by atoms with Gasteiger partial charge in [-0.3, -0.25) is 4.79 Å². The Hall–Kier alpha value is -1.35. The quantitative estimate of drug-likeness (QED) is 0.858. The fourth-order valence-corrected chi connectivity index (χ4v) is 1.92. The van der Waals surface area contributed by atoms with Crippen molar-refractivity contribution in [2.45, 2.75) is 53.4 Å². The molecule has 0 fully saturated rings. The summed E-state index contributed by atoms with van der Waals surface area (Å²) in [7, 11) is 0. The van der Waals surface area contributed by atoms with Gasteiger partial charge in [0.1, 0.15) is 0 Å². The molecular weight excluding hydrogens is 248 g/mol. The van der Waals surface area contributed by atoms with E-state index in [1.807, 2.05) is 19.9 Å². The molecule has 0 aliphatic rings. The summed E-state index contributed by atoms with van der Waals surface area (Å²) in [5.41, 5.74) is 8.48. The van der Waals surface area contributed by atoms with E-state index in [2.05, 4.69) is 45.1 Å². The molecule has 0 aliphatic carbocycles. The molecule has 1 amide bonds. The van der Waals surface area contributed by atoms with E-state index in [0.717, 1.165) is 5.69 Å². The number of benzene rings is 1. The van der Waals surface area contributed by atoms with Crippen LogP contribution in [0.3, 0.4) is 0 Å². The summed E-state index contributed by atoms with van der Waals surface area (Å²) in [4.78, 5) is 12.3. The summed E-state index contributed by atoms with van der Waals surface area (Å²) in [5, 5.41) is 3.03. The van der Waals surface area contributed by atoms with Crippen molar-refractivity contribution in [3.8, 4) is 0 Å². The van der Waals surface area contributed by atoms with Crippen molar-refractivity contribution in [2.75, 3.05) is 11.9 Å². The second kappa shape index (κ2) is 6.40. The van der Waals surface area contributed by atoms with Gasteiger partial charge < -0.3 is 11.1 Å². The zero-order valence-corrected chi connectivity index (χ0v) is 13.6. The van der Waals surface area contributed by atoms with Crippen LogP contribution in [0.25, 0.3) is 0 Å². The molecule has 112 valence electrons. The van der Waals surface area contributed by atoms with Crippen LogP contribution in [0.2, 0.25) is 0 Å². The number of carbonyl (C=O) groups excluding carboxylic acids is 1. The van der Waals surface area contributed by atoms with Gasteiger partial charge in [-0.05, 0) is 42.9 Å². The lowest BCUT2D eigenvalue weighted by molar-refractivity contribution is -0.123. The molecule has 0 unspecified atom stereocenters. The molecule has 1 aromatic rings. The first-order valence-corrected chi connectivity index (χ1v) is 7.34. The van der Waals surface area contributed by atoms with Crippen LogP contribution in [0.15, 0.2) is 18.2 Å². The zero-order valence-electron chi connectivity index (χ0n) is 13.6. The van der Waals surface area contributed by atoms with Crippen LogP contribution in [0, 0.1) is 5.41 Å². The van der Waals surface area contributed by atoms with Gasteiger partial charge in [-0.2, -0.15) is 0 Å². The van der Waals surface area contributed by atoms with Crippen molar-refractivity contribution < 1.29 is 4.79 Å². The van der Waals surface area contributed by atoms with Crippen LogP contribution in [-0.4, -0.2) is 12.5 Å². The number of nitrogens with two attached hydrogens (primary N) is 1. The van der Waals surface area contributed by atoms with Gasteiger partial charge in [0.15, 0.2) is 0 Å². The van der Waals surface area contributed by atoms with E-state index in [4.69, 9.17) is 5.73 Å². The standard InChI is InChI=1S/C17H28N2O/c1-11(2)13-7-8-15(14(9-13)12(3)4)19-16(20)17(5,6)10-18/h7-9,11-12H,10,18H2,1-6H3,(H,19,20). The SMILES string of the molecule is CC(C)c1ccc(NC(=O)C(C)(C)CN)c(C(C)C)c1. The second-order valence-corrected chi connectivity index (χ2v) is 6.70. The molecule has 0 heterocycles. The lowest BCUT2D eigenvalue weighted by atomic mass is 9.91. The lowest BCUT2D eigenvalue weighted by Gasteiger charge is -2.23. The topological polar surface area (TPSA) is 55.1 Å². The molecule has 3 heteroatoms. The van der Waals surface area contributed by atoms with Crippen LogP contribution in [-0.2, 0) is 4.79 Å². The zero-order chi connectivity index (χ0) is 15.5. The Bertz CT molecular complexity index is 476. The predicted molar refractivity (Wildman–Crippen MR) is 86.1 cm³/mol. The average Bonchev–Trinajstić information content (AvgIpc) is 2.38. The molecule has 0 spiro atoms. The van der Waals surface area contributed by atoms with Gasteiger partial charge in [0.2, 0.25) is 5.91 Å². The minimum Gasteiger partial charge on any atom is -0.329 e. The molecular formula is C17H28N2O. The van der Waals surface area contributed by atoms with Gasteiger partial charge >= 0.3 is 0 Å². The van der Waals surface area contributed by atoms with E-state index >= 15 is 0 Å². The Kier molecular flexibility index (Phi) is 5.35. The van der Waals surface area contributed by atoms with E-state index in [0.29, 0.717) is 18.4 Å². The Morgan fingerprint density at radius 2 is 1.80 bits per heavy atom. The highest BCUT2D eigenvalue weighted by Crippen LogP contribution is 2.29. The van der Waals surface area contributed by atoms with Gasteiger partial charge in [-0.1, -0.05) is 39.8 Å². The van der Waals surface area contributed by atoms with E-state index in [1.54, 1.807) is 0 Å². The Balaban J connectivity index is 3.10. The number of rotatable bonds is 5. The largest absolute Gasteiger partial charge is 0.329 e. The number of anilines is 1. The maximum atomic E-state index is 12.3. The van der Waals surface area contributed by atoms with Crippen molar-refractivity contribution in [1.82, 2.24) is 0 Å². The fourth-order valence-electron chi connectivity index (χ4n) is 1.92. The monoisotopic (exact) mass is 276 g/mol. The Morgan fingerprint density at radius 3 is 2.25 bits per heavy atom. The minimum absolute atomic E-state index is 0.0285. The molecule has 3 nitrogen and oxygen atoms in total. The van der Waals surface area contributed by atoms with E-state index in [1.165, 1.54) is 11.1 Å². The highest BCUT2D eigenvalue weighted by molar-refractivity contribution is 5.95. The molecule has 0 bridgehead atoms. The summed E-state index contributed by atoms with van der Waals surface area (Å²) in [5.74, 6) is 0.821. The smallest absolute Gasteiger partial charge is 0.231 e. The first kappa shape index (κ1) is 16.7. The minimum atomic E-state index is -0.551. The second-order valence-electron chi connectivity index (χ2n) is 6.70. The molecule has 20 heavy (non-hydrogen) atoms. The third kappa shape index (κ3) is 3.83. The van der Waals surface area contributed by atoms with Crippen molar-refractivity contribution >= 4 is 11.6 Å². The first-order valence-electron chi connectivity index (χ1n) is 7.34. The summed E-state index contributed by atoms with van der Waals surface area (Å²) in [6, 6.07) is 6.29. The number of amides is 1. The van der Waals surface area contributed by atoms with Crippen molar-refractivity contribution in [3.63, 3.8) is 0 Å². The number of hydrogen-bond acceptors (Lipinski definition) is 2. The maximum absolute atomic E-state index is 12.3. The number of carbonyl (C=O) groups is 1. The van der Waals surface area contributed by atoms with Crippen LogP contribution < -0.4 is 11.1 Å². The van der Waals surface area contributed by atoms with E-state index in [-0.39, 0.29) is 5.91 Å². The van der Waals surface area contributed by atoms with Gasteiger partial charge in [0.05, 0.1) is 5.41 Å². The third-order valence-corrected chi connectivity index (χ3v) is 3.74. The van der Waals surface area contributed by atoms with Crippen LogP contribution in [0.4, 0.5) is 5.69 Å². The van der Waals surface area contributed by atoms with Gasteiger partial charge in [-0.15, -0.1) is 0 Å². The summed E-state index contributed by atoms with van der Waals surface area (Å²) >= 11 is 0. The summed E-state index contributed by atoms with van der Waals surface area (Å²) in [6.45, 7) is 12.7. The van der Waals surface area contributed by atoms with Gasteiger partial charge in [0, 0.05) is 12.2 Å². The molecule has 0 radical (unpaired) electrons. The Morgan fingerprint density at radius 1 is 1.20 bits per heavy atom. The van der Waals surface area contributed by atoms with Crippen molar-refractivity contribution in [2.24, 2.45) is 11.1 Å². The molecule has 0 aromatic heterocycles. The normalized spacial score (nSPS) is 12.1. The van der Waals surface area contributed by atoms with Crippen molar-refractivity contribution in [3.05, 3.63) is 29.3 Å². The van der Waals surface area contributed by atoms with E-state index < -0.39 is 5.41 Å². The molecule has 0 saturated heterocycles. The Labute approximate surface area is 122 Å². The molecule has 0 atom stereocenters. The van der Waals surface area contributed by atoms with Crippen LogP contribution in [0.1, 0.15) is 64.5 Å². The van der Waals surface area contributed by atoms with E-state index in [9.17, 15) is 4.79 Å². The molecule has 0 aliphatic heterocycles. The molecule has 3 N–H and O–H groups in total. The molecule has 1 aromatic carbocycles. The van der Waals surface area contributed by atoms with Crippen LogP contribution >= 0.6 is 0 Å². The number of nitrogens with one attached hydrogen (secondary N) is 1. The van der Waals surface area contributed by atoms with Gasteiger partial charge in [0.25, 0.3) is 0 Å². The average molecular weight is 276 g/mol. The maximum Gasteiger partial charge on any atom is 0.231 e. The summed E-state index contributed by atoms with van der Waals surface area (Å²) < 4.78 is 0. The molecule has 0 saturated carbocycles. The fraction of sp³-hybridized carbons (Fsp3) is 0.588. The van der Waals surface area contributed by atoms with Gasteiger partial charge in [-0.25, -0.2) is 0 Å². The molecule has 1 rings (SSSR count). The first-order chi connectivity index (χ1) is 9.19. The highest BCUT2D eigenvalue weighted by atomic mass is 16.2.